The maximum absolute atomic E-state index is 11.2. The number of methoxy groups -OCH3 is 1. The Morgan fingerprint density at radius 1 is 1.58 bits per heavy atom. The van der Waals surface area contributed by atoms with E-state index in [4.69, 9.17) is 14.2 Å². The number of ether oxygens (including phenoxy) is 3. The Labute approximate surface area is 112 Å². The molecule has 5 atom stereocenters. The van der Waals surface area contributed by atoms with Gasteiger partial charge in [-0.05, 0) is 0 Å². The molecule has 19 heavy (non-hydrogen) atoms. The van der Waals surface area contributed by atoms with Crippen LogP contribution in [0.15, 0.2) is 12.7 Å². The van der Waals surface area contributed by atoms with Gasteiger partial charge >= 0.3 is 0 Å². The van der Waals surface area contributed by atoms with Gasteiger partial charge in [0.2, 0.25) is 5.91 Å². The molecule has 1 saturated heterocycles. The average Bonchev–Trinajstić information content (AvgIpc) is 2.38. The van der Waals surface area contributed by atoms with Gasteiger partial charge in [-0.3, -0.25) is 4.79 Å². The summed E-state index contributed by atoms with van der Waals surface area (Å²) < 4.78 is 16.0. The van der Waals surface area contributed by atoms with Crippen LogP contribution in [0.5, 0.6) is 0 Å². The third-order valence-corrected chi connectivity index (χ3v) is 2.86. The van der Waals surface area contributed by atoms with Crippen LogP contribution >= 0.6 is 0 Å². The third kappa shape index (κ3) is 3.99. The molecule has 1 rings (SSSR count). The van der Waals surface area contributed by atoms with E-state index in [2.05, 4.69) is 11.9 Å². The lowest BCUT2D eigenvalue weighted by Gasteiger charge is -2.43. The predicted molar refractivity (Wildman–Crippen MR) is 66.3 cm³/mol. The summed E-state index contributed by atoms with van der Waals surface area (Å²) in [4.78, 5) is 11.2. The van der Waals surface area contributed by atoms with Crippen molar-refractivity contribution in [3.63, 3.8) is 0 Å². The molecule has 0 unspecified atom stereocenters. The number of nitrogens with one attached hydrogen (secondary N) is 1. The molecule has 0 aromatic heterocycles. The van der Waals surface area contributed by atoms with E-state index in [-0.39, 0.29) is 19.1 Å². The molecular formula is C12H21NO6. The second-order valence-electron chi connectivity index (χ2n) is 4.26. The van der Waals surface area contributed by atoms with E-state index in [0.29, 0.717) is 0 Å². The predicted octanol–water partition coefficient (Wildman–Crippen LogP) is -1.21. The molecule has 0 saturated carbocycles. The minimum Gasteiger partial charge on any atom is -0.394 e. The maximum Gasteiger partial charge on any atom is 0.217 e. The lowest BCUT2D eigenvalue weighted by atomic mass is 9.96. The van der Waals surface area contributed by atoms with Gasteiger partial charge in [0.25, 0.3) is 0 Å². The van der Waals surface area contributed by atoms with Crippen LogP contribution in [0.2, 0.25) is 0 Å². The Kier molecular flexibility index (Phi) is 6.40. The monoisotopic (exact) mass is 275 g/mol. The van der Waals surface area contributed by atoms with E-state index >= 15 is 0 Å². The summed E-state index contributed by atoms with van der Waals surface area (Å²) in [6.07, 6.45) is -1.93. The number of aliphatic hydroxyl groups is 2. The highest BCUT2D eigenvalue weighted by Gasteiger charge is 2.46. The van der Waals surface area contributed by atoms with Crippen LogP contribution in [-0.2, 0) is 19.0 Å². The van der Waals surface area contributed by atoms with Crippen LogP contribution in [0.25, 0.3) is 0 Å². The second-order valence-corrected chi connectivity index (χ2v) is 4.26. The molecule has 1 aliphatic rings. The van der Waals surface area contributed by atoms with Crippen molar-refractivity contribution in [1.82, 2.24) is 5.32 Å². The van der Waals surface area contributed by atoms with Crippen molar-refractivity contribution in [2.75, 3.05) is 20.3 Å². The number of carbonyl (C=O) groups excluding carboxylic acids is 1. The molecule has 110 valence electrons. The first-order valence-corrected chi connectivity index (χ1v) is 6.02. The lowest BCUT2D eigenvalue weighted by molar-refractivity contribution is -0.268. The quantitative estimate of drug-likeness (QED) is 0.526. The minimum absolute atomic E-state index is 0.201. The van der Waals surface area contributed by atoms with Crippen LogP contribution < -0.4 is 5.32 Å². The van der Waals surface area contributed by atoms with Gasteiger partial charge in [-0.15, -0.1) is 6.58 Å². The molecular weight excluding hydrogens is 254 g/mol. The Balaban J connectivity index is 2.89. The van der Waals surface area contributed by atoms with E-state index in [1.165, 1.54) is 20.1 Å². The lowest BCUT2D eigenvalue weighted by Crippen LogP contribution is -2.65. The van der Waals surface area contributed by atoms with Crippen molar-refractivity contribution < 1.29 is 29.2 Å². The summed E-state index contributed by atoms with van der Waals surface area (Å²) in [7, 11) is 1.41. The van der Waals surface area contributed by atoms with Crippen molar-refractivity contribution in [3.05, 3.63) is 12.7 Å². The molecule has 7 heteroatoms. The van der Waals surface area contributed by atoms with Gasteiger partial charge < -0.3 is 29.7 Å². The number of hydrogen-bond acceptors (Lipinski definition) is 6. The number of carbonyl (C=O) groups is 1. The SMILES string of the molecule is C=CCO[C@H]1[C@H](O)[C@@H](CO)O[C@H](OC)[C@@H]1NC(C)=O. The smallest absolute Gasteiger partial charge is 0.217 e. The molecule has 0 aromatic carbocycles. The highest BCUT2D eigenvalue weighted by Crippen LogP contribution is 2.24. The minimum atomic E-state index is -1.08. The summed E-state index contributed by atoms with van der Waals surface area (Å²) in [5.41, 5.74) is 0. The first kappa shape index (κ1) is 16.1. The molecule has 0 radical (unpaired) electrons. The molecule has 0 spiro atoms. The topological polar surface area (TPSA) is 97.2 Å². The molecule has 1 heterocycles. The zero-order valence-corrected chi connectivity index (χ0v) is 11.1. The molecule has 1 amide bonds. The molecule has 1 fully saturated rings. The Morgan fingerprint density at radius 3 is 2.74 bits per heavy atom. The summed E-state index contributed by atoms with van der Waals surface area (Å²) >= 11 is 0. The van der Waals surface area contributed by atoms with Gasteiger partial charge in [0.05, 0.1) is 13.2 Å². The first-order chi connectivity index (χ1) is 9.04. The highest BCUT2D eigenvalue weighted by molar-refractivity contribution is 5.73. The van der Waals surface area contributed by atoms with E-state index in [1.807, 2.05) is 0 Å². The van der Waals surface area contributed by atoms with Crippen molar-refractivity contribution in [2.45, 2.75) is 37.6 Å². The molecule has 7 nitrogen and oxygen atoms in total. The summed E-state index contributed by atoms with van der Waals surface area (Å²) in [5.74, 6) is -0.294. The van der Waals surface area contributed by atoms with Gasteiger partial charge in [0, 0.05) is 14.0 Å². The number of aliphatic hydroxyl groups excluding tert-OH is 2. The normalized spacial score (nSPS) is 34.8. The van der Waals surface area contributed by atoms with Crippen LogP contribution in [0.3, 0.4) is 0 Å². The second kappa shape index (κ2) is 7.56. The molecule has 3 N–H and O–H groups in total. The van der Waals surface area contributed by atoms with E-state index in [9.17, 15) is 15.0 Å². The first-order valence-electron chi connectivity index (χ1n) is 6.02. The van der Waals surface area contributed by atoms with Gasteiger partial charge in [-0.2, -0.15) is 0 Å². The standard InChI is InChI=1S/C12H21NO6/c1-4-5-18-11-9(13-7(2)15)12(17-3)19-8(6-14)10(11)16/h4,8-12,14,16H,1,5-6H2,2-3H3,(H,13,15)/t8-,9-,10-,11-,12+/m1/s1. The third-order valence-electron chi connectivity index (χ3n) is 2.86. The van der Waals surface area contributed by atoms with Gasteiger partial charge in [0.15, 0.2) is 6.29 Å². The van der Waals surface area contributed by atoms with Crippen LogP contribution in [0, 0.1) is 0 Å². The largest absolute Gasteiger partial charge is 0.394 e. The summed E-state index contributed by atoms with van der Waals surface area (Å²) in [5, 5.41) is 21.9. The van der Waals surface area contributed by atoms with E-state index in [1.54, 1.807) is 0 Å². The van der Waals surface area contributed by atoms with Crippen molar-refractivity contribution in [1.29, 1.82) is 0 Å². The van der Waals surface area contributed by atoms with Crippen molar-refractivity contribution >= 4 is 5.91 Å². The fourth-order valence-electron chi connectivity index (χ4n) is 2.04. The van der Waals surface area contributed by atoms with Crippen molar-refractivity contribution in [2.24, 2.45) is 0 Å². The van der Waals surface area contributed by atoms with Gasteiger partial charge in [-0.1, -0.05) is 6.08 Å². The molecule has 0 aliphatic carbocycles. The van der Waals surface area contributed by atoms with Crippen molar-refractivity contribution in [3.8, 4) is 0 Å². The highest BCUT2D eigenvalue weighted by atomic mass is 16.7. The summed E-state index contributed by atoms with van der Waals surface area (Å²) in [6, 6.07) is -0.666. The van der Waals surface area contributed by atoms with Gasteiger partial charge in [-0.25, -0.2) is 0 Å². The zero-order chi connectivity index (χ0) is 14.4. The maximum atomic E-state index is 11.2. The molecule has 1 aliphatic heterocycles. The average molecular weight is 275 g/mol. The van der Waals surface area contributed by atoms with Crippen LogP contribution in [0.1, 0.15) is 6.92 Å². The zero-order valence-electron chi connectivity index (χ0n) is 11.1. The fourth-order valence-corrected chi connectivity index (χ4v) is 2.04. The van der Waals surface area contributed by atoms with E-state index < -0.39 is 30.6 Å². The Morgan fingerprint density at radius 2 is 2.26 bits per heavy atom. The molecule has 0 aromatic rings. The summed E-state index contributed by atoms with van der Waals surface area (Å²) in [6.45, 7) is 4.71. The number of hydrogen-bond donors (Lipinski definition) is 3. The Hall–Kier alpha value is -0.990. The van der Waals surface area contributed by atoms with Crippen LogP contribution in [0.4, 0.5) is 0 Å². The van der Waals surface area contributed by atoms with E-state index in [0.717, 1.165) is 0 Å². The fraction of sp³-hybridized carbons (Fsp3) is 0.750. The number of rotatable bonds is 6. The van der Waals surface area contributed by atoms with Gasteiger partial charge in [0.1, 0.15) is 24.4 Å². The molecule has 0 bridgehead atoms. The van der Waals surface area contributed by atoms with Crippen LogP contribution in [-0.4, -0.2) is 67.1 Å². The Bertz CT molecular complexity index is 311. The number of amides is 1.